The van der Waals surface area contributed by atoms with Gasteiger partial charge in [-0.05, 0) is 110 Å². The fraction of sp³-hybridized carbons (Fsp3) is 0.691. The van der Waals surface area contributed by atoms with Crippen LogP contribution in [0.15, 0.2) is 25.0 Å². The van der Waals surface area contributed by atoms with Gasteiger partial charge < -0.3 is 131 Å². The number of nitrogens with one attached hydrogen (secondary N) is 9. The summed E-state index contributed by atoms with van der Waals surface area (Å²) in [6.07, 6.45) is -2.73. The van der Waals surface area contributed by atoms with Crippen LogP contribution in [0.4, 0.5) is 0 Å². The minimum absolute atomic E-state index is 0.00370. The number of rotatable bonds is 45. The van der Waals surface area contributed by atoms with E-state index in [0.29, 0.717) is 6.42 Å². The first-order valence-corrected chi connectivity index (χ1v) is 31.2. The molecule has 1 rings (SSSR count). The van der Waals surface area contributed by atoms with Crippen molar-refractivity contribution in [1.29, 1.82) is 0 Å². The summed E-state index contributed by atoms with van der Waals surface area (Å²) >= 11 is 0. The van der Waals surface area contributed by atoms with Crippen molar-refractivity contribution in [1.82, 2.24) is 52.8 Å². The Hall–Kier alpha value is -10.1. The summed E-state index contributed by atoms with van der Waals surface area (Å²) in [5, 5.41) is 52.0. The van der Waals surface area contributed by atoms with Crippen LogP contribution in [0.2, 0.25) is 0 Å². The maximum absolute atomic E-state index is 14.6. The van der Waals surface area contributed by atoms with E-state index in [1.807, 2.05) is 0 Å². The van der Waals surface area contributed by atoms with Gasteiger partial charge in [0.2, 0.25) is 59.1 Å². The minimum Gasteiger partial charge on any atom is -0.481 e. The number of aliphatic hydroxyl groups excluding tert-OH is 1. The number of hydrogen-bond acceptors (Lipinski definition) is 19. The highest BCUT2D eigenvalue weighted by Crippen LogP contribution is 2.20. The molecule has 34 N–H and O–H groups in total. The van der Waals surface area contributed by atoms with Gasteiger partial charge in [-0.3, -0.25) is 77.7 Å². The lowest BCUT2D eigenvalue weighted by Crippen LogP contribution is -2.60. The highest BCUT2D eigenvalue weighted by molar-refractivity contribution is 5.99. The molecular formula is C55H102N26O15. The number of carboxylic acid groups (broad SMARTS) is 2. The fourth-order valence-corrected chi connectivity index (χ4v) is 9.30. The van der Waals surface area contributed by atoms with Crippen LogP contribution in [-0.4, -0.2) is 233 Å². The van der Waals surface area contributed by atoms with E-state index in [0.717, 1.165) is 0 Å². The Morgan fingerprint density at radius 3 is 1.03 bits per heavy atom. The highest BCUT2D eigenvalue weighted by atomic mass is 16.4. The van der Waals surface area contributed by atoms with Gasteiger partial charge in [0.1, 0.15) is 66.5 Å². The number of aliphatic imine (C=N–C) groups is 5. The number of carboxylic acids is 2. The molecule has 0 aromatic rings. The van der Waals surface area contributed by atoms with Crippen molar-refractivity contribution < 1.29 is 72.9 Å². The van der Waals surface area contributed by atoms with Gasteiger partial charge >= 0.3 is 11.9 Å². The predicted molar refractivity (Wildman–Crippen MR) is 352 cm³/mol. The molecule has 41 heteroatoms. The summed E-state index contributed by atoms with van der Waals surface area (Å²) in [7, 11) is 0. The van der Waals surface area contributed by atoms with Crippen molar-refractivity contribution >= 4 is 101 Å². The van der Waals surface area contributed by atoms with Crippen LogP contribution < -0.4 is 111 Å². The number of nitrogens with zero attached hydrogens (tertiary/aromatic N) is 6. The molecule has 0 spiro atoms. The maximum Gasteiger partial charge on any atom is 0.326 e. The van der Waals surface area contributed by atoms with E-state index in [2.05, 4.69) is 72.8 Å². The molecule has 1 fully saturated rings. The minimum atomic E-state index is -1.73. The summed E-state index contributed by atoms with van der Waals surface area (Å²) in [6.45, 7) is 6.83. The van der Waals surface area contributed by atoms with Gasteiger partial charge in [0.15, 0.2) is 29.8 Å². The van der Waals surface area contributed by atoms with E-state index in [1.54, 1.807) is 13.8 Å². The van der Waals surface area contributed by atoms with Crippen LogP contribution in [0, 0.1) is 5.92 Å². The monoisotopic (exact) mass is 1370 g/mol. The number of likely N-dealkylation sites (tertiary alicyclic amines) is 1. The fourth-order valence-electron chi connectivity index (χ4n) is 9.30. The second kappa shape index (κ2) is 43.7. The Balaban J connectivity index is 3.71. The number of nitrogens with two attached hydrogens (primary N) is 11. The average Bonchev–Trinajstić information content (AvgIpc) is 1.84. The number of amides is 10. The molecule has 1 aliphatic rings. The summed E-state index contributed by atoms with van der Waals surface area (Å²) in [5.41, 5.74) is 60.9. The molecule has 542 valence electrons. The molecule has 0 radical (unpaired) electrons. The molecule has 1 heterocycles. The first-order valence-electron chi connectivity index (χ1n) is 31.2. The van der Waals surface area contributed by atoms with Crippen molar-refractivity contribution in [3.8, 4) is 0 Å². The number of hydrogen-bond donors (Lipinski definition) is 23. The van der Waals surface area contributed by atoms with Crippen LogP contribution in [0.3, 0.4) is 0 Å². The molecule has 0 saturated carbocycles. The van der Waals surface area contributed by atoms with E-state index in [-0.39, 0.29) is 140 Å². The zero-order valence-electron chi connectivity index (χ0n) is 54.9. The third-order valence-corrected chi connectivity index (χ3v) is 14.5. The third kappa shape index (κ3) is 33.1. The maximum atomic E-state index is 14.6. The molecule has 10 amide bonds. The van der Waals surface area contributed by atoms with Gasteiger partial charge in [0.25, 0.3) is 0 Å². The van der Waals surface area contributed by atoms with E-state index >= 15 is 0 Å². The van der Waals surface area contributed by atoms with Crippen LogP contribution in [0.1, 0.15) is 125 Å². The standard InChI is InChI=1S/C55H102N26O15/c1-26(2)39(50(95)96)80-47(92)34(16-10-24-71-55(65)66)74-41(86)28(4)72-40(85)27(3)73-42(87)30(12-6-20-67-51(57)58)75-43(88)31(13-7-21-68-52(59)60)76-44(89)32(14-8-22-69-53(61)62)77-46(91)35(18-19-37(83)84)78-45(90)33(15-9-23-70-54(63)64)79-48(93)36-17-11-25-81(36)49(94)38(56)29(5)82/h26-36,38-39,82H,6-25,56H2,1-5H3,(H,72,85)(H,73,87)(H,74,86)(H,75,88)(H,76,89)(H,77,91)(H,78,90)(H,79,93)(H,80,92)(H,83,84)(H,95,96)(H4,57,58,67)(H4,59,60,68)(H4,61,62,69)(H4,63,64,70)(H4,65,66,71)/t27-,28-,29+,30-,31-,32-,33-,34-,35-,36-,38-,39-/m0/s1. The summed E-state index contributed by atoms with van der Waals surface area (Å²) < 4.78 is 0. The van der Waals surface area contributed by atoms with E-state index in [4.69, 9.17) is 63.1 Å². The zero-order chi connectivity index (χ0) is 72.9. The first-order chi connectivity index (χ1) is 45.0. The lowest BCUT2D eigenvalue weighted by molar-refractivity contribution is -0.143. The van der Waals surface area contributed by atoms with Gasteiger partial charge in [0, 0.05) is 45.7 Å². The van der Waals surface area contributed by atoms with E-state index in [1.165, 1.54) is 25.7 Å². The van der Waals surface area contributed by atoms with E-state index < -0.39 is 162 Å². The Kier molecular flexibility index (Phi) is 38.2. The summed E-state index contributed by atoms with van der Waals surface area (Å²) in [6, 6.07) is -15.9. The molecule has 1 aliphatic heterocycles. The highest BCUT2D eigenvalue weighted by Gasteiger charge is 2.40. The van der Waals surface area contributed by atoms with Crippen molar-refractivity contribution in [2.24, 2.45) is 94.0 Å². The Bertz CT molecular complexity index is 2780. The third-order valence-electron chi connectivity index (χ3n) is 14.5. The lowest BCUT2D eigenvalue weighted by atomic mass is 10.0. The number of aliphatic hydroxyl groups is 1. The molecule has 96 heavy (non-hydrogen) atoms. The molecule has 0 bridgehead atoms. The Labute approximate surface area is 555 Å². The SMILES string of the molecule is CC(C)[C@H](NC(=O)[C@H](CCCN=C(N)N)NC(=O)[C@H](C)NC(=O)[C@H](C)NC(=O)[C@H](CCCN=C(N)N)NC(=O)[C@H](CCCN=C(N)N)NC(=O)[C@H](CCCN=C(N)N)NC(=O)[C@H](CCC(=O)O)NC(=O)[C@H](CCCN=C(N)N)NC(=O)[C@@H]1CCCN1C(=O)[C@@H](N)[C@@H](C)O)C(=O)O. The van der Waals surface area contributed by atoms with Crippen molar-refractivity contribution in [2.75, 3.05) is 39.3 Å². The van der Waals surface area contributed by atoms with Crippen molar-refractivity contribution in [3.63, 3.8) is 0 Å². The number of carbonyl (C=O) groups excluding carboxylic acids is 10. The van der Waals surface area contributed by atoms with Crippen LogP contribution in [-0.2, 0) is 57.5 Å². The molecule has 0 aliphatic carbocycles. The molecule has 0 unspecified atom stereocenters. The Morgan fingerprint density at radius 1 is 0.427 bits per heavy atom. The zero-order valence-corrected chi connectivity index (χ0v) is 54.9. The molecule has 12 atom stereocenters. The largest absolute Gasteiger partial charge is 0.481 e. The smallest absolute Gasteiger partial charge is 0.326 e. The molecule has 0 aromatic carbocycles. The van der Waals surface area contributed by atoms with Crippen molar-refractivity contribution in [3.05, 3.63) is 0 Å². The quantitative estimate of drug-likeness (QED) is 0.0153. The van der Waals surface area contributed by atoms with Gasteiger partial charge in [-0.2, -0.15) is 0 Å². The molecule has 41 nitrogen and oxygen atoms in total. The predicted octanol–water partition coefficient (Wildman–Crippen LogP) is -10.0. The van der Waals surface area contributed by atoms with Gasteiger partial charge in [-0.25, -0.2) is 4.79 Å². The van der Waals surface area contributed by atoms with Crippen molar-refractivity contribution in [2.45, 2.75) is 197 Å². The molecule has 1 saturated heterocycles. The van der Waals surface area contributed by atoms with Crippen LogP contribution in [0.25, 0.3) is 0 Å². The number of aliphatic carboxylic acids is 2. The number of guanidine groups is 5. The number of carbonyl (C=O) groups is 12. The van der Waals surface area contributed by atoms with Gasteiger partial charge in [-0.15, -0.1) is 0 Å². The van der Waals surface area contributed by atoms with Crippen LogP contribution >= 0.6 is 0 Å². The second-order valence-corrected chi connectivity index (χ2v) is 23.0. The normalized spacial score (nSPS) is 15.9. The average molecular weight is 1370 g/mol. The van der Waals surface area contributed by atoms with Crippen LogP contribution in [0.5, 0.6) is 0 Å². The molecular weight excluding hydrogens is 1260 g/mol. The first kappa shape index (κ1) is 83.9. The van der Waals surface area contributed by atoms with Gasteiger partial charge in [0.05, 0.1) is 6.10 Å². The topological polar surface area (TPSA) is 725 Å². The summed E-state index contributed by atoms with van der Waals surface area (Å²) in [5.74, 6) is -14.0. The van der Waals surface area contributed by atoms with E-state index in [9.17, 15) is 72.9 Å². The van der Waals surface area contributed by atoms with Gasteiger partial charge in [-0.1, -0.05) is 13.8 Å². The summed E-state index contributed by atoms with van der Waals surface area (Å²) in [4.78, 5) is 184. The Morgan fingerprint density at radius 2 is 0.719 bits per heavy atom. The second-order valence-electron chi connectivity index (χ2n) is 23.0. The molecule has 0 aromatic heterocycles. The lowest BCUT2D eigenvalue weighted by Gasteiger charge is -2.29.